The van der Waals surface area contributed by atoms with Gasteiger partial charge in [-0.25, -0.2) is 9.67 Å². The fourth-order valence-corrected chi connectivity index (χ4v) is 4.40. The second-order valence-electron chi connectivity index (χ2n) is 7.65. The molecule has 0 saturated carbocycles. The number of fused-ring (bicyclic) bond motifs is 1. The van der Waals surface area contributed by atoms with Gasteiger partial charge in [0, 0.05) is 16.3 Å². The lowest BCUT2D eigenvalue weighted by atomic mass is 10.1. The molecule has 2 amide bonds. The van der Waals surface area contributed by atoms with Crippen LogP contribution >= 0.6 is 11.3 Å². The van der Waals surface area contributed by atoms with Crippen molar-refractivity contribution >= 4 is 33.9 Å². The van der Waals surface area contributed by atoms with Crippen LogP contribution in [0.25, 0.3) is 21.3 Å². The van der Waals surface area contributed by atoms with Gasteiger partial charge in [-0.1, -0.05) is 78.9 Å². The molecule has 8 nitrogen and oxygen atoms in total. The summed E-state index contributed by atoms with van der Waals surface area (Å²) in [6, 6.07) is 25.6. The second-order valence-corrected chi connectivity index (χ2v) is 8.51. The van der Waals surface area contributed by atoms with E-state index >= 15 is 0 Å². The van der Waals surface area contributed by atoms with Gasteiger partial charge >= 0.3 is 0 Å². The van der Waals surface area contributed by atoms with Crippen LogP contribution in [-0.2, 0) is 6.54 Å². The van der Waals surface area contributed by atoms with Gasteiger partial charge in [-0.3, -0.25) is 25.2 Å². The molecule has 3 aromatic carbocycles. The molecule has 0 aliphatic rings. The average molecular weight is 482 g/mol. The van der Waals surface area contributed by atoms with E-state index in [-0.39, 0.29) is 23.5 Å². The normalized spacial score (nSPS) is 10.7. The number of rotatable bonds is 5. The number of aromatic nitrogens is 3. The average Bonchev–Trinajstić information content (AvgIpc) is 3.40. The van der Waals surface area contributed by atoms with Crippen molar-refractivity contribution in [2.24, 2.45) is 0 Å². The minimum Gasteiger partial charge on any atom is -0.267 e. The highest BCUT2D eigenvalue weighted by Gasteiger charge is 2.19. The molecule has 0 unspecified atom stereocenters. The lowest BCUT2D eigenvalue weighted by Crippen LogP contribution is -2.43. The van der Waals surface area contributed by atoms with E-state index in [1.165, 1.54) is 16.0 Å². The van der Waals surface area contributed by atoms with Crippen molar-refractivity contribution in [1.29, 1.82) is 0 Å². The Bertz CT molecular complexity index is 1580. The Balaban J connectivity index is 1.38. The summed E-state index contributed by atoms with van der Waals surface area (Å²) in [4.78, 5) is 42.9. The van der Waals surface area contributed by atoms with Gasteiger partial charge in [0.2, 0.25) is 0 Å². The number of nitrogens with zero attached hydrogens (tertiary/aromatic N) is 3. The maximum Gasteiger partial charge on any atom is 0.290 e. The van der Waals surface area contributed by atoms with Crippen LogP contribution in [0.1, 0.15) is 26.5 Å². The van der Waals surface area contributed by atoms with E-state index < -0.39 is 11.8 Å². The third-order valence-electron chi connectivity index (χ3n) is 5.31. The molecule has 0 radical (unpaired) electrons. The number of thiazole rings is 1. The maximum atomic E-state index is 13.0. The summed E-state index contributed by atoms with van der Waals surface area (Å²) >= 11 is 1.33. The lowest BCUT2D eigenvalue weighted by Gasteiger charge is -2.11. The molecule has 0 saturated heterocycles. The molecule has 0 bridgehead atoms. The summed E-state index contributed by atoms with van der Waals surface area (Å²) in [5.74, 6) is -1.20. The largest absolute Gasteiger partial charge is 0.290 e. The molecular weight excluding hydrogens is 462 g/mol. The first-order valence-electron chi connectivity index (χ1n) is 10.8. The van der Waals surface area contributed by atoms with E-state index in [1.54, 1.807) is 29.6 Å². The zero-order valence-electron chi connectivity index (χ0n) is 18.3. The van der Waals surface area contributed by atoms with E-state index in [1.807, 2.05) is 60.7 Å². The minimum atomic E-state index is -0.644. The van der Waals surface area contributed by atoms with E-state index in [9.17, 15) is 14.4 Å². The summed E-state index contributed by atoms with van der Waals surface area (Å²) < 4.78 is 1.25. The van der Waals surface area contributed by atoms with Gasteiger partial charge in [0.15, 0.2) is 5.69 Å². The molecule has 9 heteroatoms. The molecule has 0 atom stereocenters. The first kappa shape index (κ1) is 22.2. The number of amides is 2. The van der Waals surface area contributed by atoms with Crippen molar-refractivity contribution in [2.45, 2.75) is 6.54 Å². The monoisotopic (exact) mass is 481 g/mol. The quantitative estimate of drug-likeness (QED) is 0.373. The lowest BCUT2D eigenvalue weighted by molar-refractivity contribution is 0.0841. The molecule has 35 heavy (non-hydrogen) atoms. The number of carbonyl (C=O) groups is 2. The highest BCUT2D eigenvalue weighted by molar-refractivity contribution is 7.13. The maximum absolute atomic E-state index is 13.0. The second kappa shape index (κ2) is 9.70. The van der Waals surface area contributed by atoms with E-state index in [0.717, 1.165) is 11.1 Å². The van der Waals surface area contributed by atoms with Crippen LogP contribution in [0.4, 0.5) is 0 Å². The standard InChI is InChI=1S/C26H19N5O3S/c32-23(21-16-35-25(27-21)18-11-5-2-6-12-18)28-29-24(33)22-19-13-7-8-14-20(19)26(34)31(30-22)15-17-9-3-1-4-10-17/h1-14,16H,15H2,(H,28,32)(H,29,33). The topological polar surface area (TPSA) is 106 Å². The first-order chi connectivity index (χ1) is 17.1. The van der Waals surface area contributed by atoms with Crippen LogP contribution in [0.15, 0.2) is 95.1 Å². The van der Waals surface area contributed by atoms with Crippen molar-refractivity contribution in [2.75, 3.05) is 0 Å². The fourth-order valence-electron chi connectivity index (χ4n) is 3.59. The van der Waals surface area contributed by atoms with Crippen LogP contribution in [0.2, 0.25) is 0 Å². The van der Waals surface area contributed by atoms with Crippen LogP contribution in [-0.4, -0.2) is 26.6 Å². The molecule has 0 aliphatic heterocycles. The molecule has 2 heterocycles. The minimum absolute atomic E-state index is 0.0275. The molecular formula is C26H19N5O3S. The molecule has 0 fully saturated rings. The van der Waals surface area contributed by atoms with Crippen LogP contribution < -0.4 is 16.4 Å². The SMILES string of the molecule is O=C(NNC(=O)c1nn(Cc2ccccc2)c(=O)c2ccccc12)c1csc(-c2ccccc2)n1. The smallest absolute Gasteiger partial charge is 0.267 e. The van der Waals surface area contributed by atoms with E-state index in [0.29, 0.717) is 15.8 Å². The summed E-state index contributed by atoms with van der Waals surface area (Å²) in [6.45, 7) is 0.207. The zero-order chi connectivity index (χ0) is 24.2. The number of nitrogens with one attached hydrogen (secondary N) is 2. The Morgan fingerprint density at radius 1 is 0.800 bits per heavy atom. The molecule has 0 spiro atoms. The predicted octanol–water partition coefficient (Wildman–Crippen LogP) is 3.64. The van der Waals surface area contributed by atoms with Crippen molar-refractivity contribution in [3.63, 3.8) is 0 Å². The van der Waals surface area contributed by atoms with Gasteiger partial charge in [-0.15, -0.1) is 11.3 Å². The van der Waals surface area contributed by atoms with E-state index in [2.05, 4.69) is 20.9 Å². The third kappa shape index (κ3) is 4.71. The fraction of sp³-hybridized carbons (Fsp3) is 0.0385. The number of benzene rings is 3. The summed E-state index contributed by atoms with van der Waals surface area (Å²) in [5, 5.41) is 7.40. The van der Waals surface area contributed by atoms with Crippen molar-refractivity contribution in [1.82, 2.24) is 25.6 Å². The van der Waals surface area contributed by atoms with Gasteiger partial charge in [-0.05, 0) is 11.6 Å². The van der Waals surface area contributed by atoms with Gasteiger partial charge < -0.3 is 0 Å². The highest BCUT2D eigenvalue weighted by atomic mass is 32.1. The van der Waals surface area contributed by atoms with Crippen molar-refractivity contribution in [3.8, 4) is 10.6 Å². The van der Waals surface area contributed by atoms with E-state index in [4.69, 9.17) is 0 Å². The number of hydrogen-bond donors (Lipinski definition) is 2. The first-order valence-corrected chi connectivity index (χ1v) is 11.6. The highest BCUT2D eigenvalue weighted by Crippen LogP contribution is 2.23. The van der Waals surface area contributed by atoms with Gasteiger partial charge in [0.25, 0.3) is 17.4 Å². The molecule has 2 N–H and O–H groups in total. The third-order valence-corrected chi connectivity index (χ3v) is 6.20. The van der Waals surface area contributed by atoms with Gasteiger partial charge in [0.05, 0.1) is 11.9 Å². The molecule has 2 aromatic heterocycles. The Hall–Kier alpha value is -4.63. The Labute approximate surface area is 203 Å². The molecule has 0 aliphatic carbocycles. The van der Waals surface area contributed by atoms with Gasteiger partial charge in [-0.2, -0.15) is 5.10 Å². The number of hydrazine groups is 1. The van der Waals surface area contributed by atoms with Crippen molar-refractivity contribution in [3.05, 3.63) is 118 Å². The summed E-state index contributed by atoms with van der Waals surface area (Å²) in [7, 11) is 0. The van der Waals surface area contributed by atoms with Gasteiger partial charge in [0.1, 0.15) is 10.7 Å². The Kier molecular flexibility index (Phi) is 6.15. The summed E-state index contributed by atoms with van der Waals surface area (Å²) in [6.07, 6.45) is 0. The van der Waals surface area contributed by atoms with Crippen LogP contribution in [0.5, 0.6) is 0 Å². The Morgan fingerprint density at radius 2 is 1.43 bits per heavy atom. The Morgan fingerprint density at radius 3 is 2.17 bits per heavy atom. The summed E-state index contributed by atoms with van der Waals surface area (Å²) in [5.41, 5.74) is 6.46. The van der Waals surface area contributed by atoms with Crippen LogP contribution in [0, 0.1) is 0 Å². The van der Waals surface area contributed by atoms with Crippen molar-refractivity contribution < 1.29 is 9.59 Å². The number of hydrogen-bond acceptors (Lipinski definition) is 6. The molecule has 172 valence electrons. The zero-order valence-corrected chi connectivity index (χ0v) is 19.2. The molecule has 5 aromatic rings. The predicted molar refractivity (Wildman–Crippen MR) is 134 cm³/mol. The molecule has 5 rings (SSSR count). The van der Waals surface area contributed by atoms with Crippen LogP contribution in [0.3, 0.4) is 0 Å². The number of carbonyl (C=O) groups excluding carboxylic acids is 2.